The lowest BCUT2D eigenvalue weighted by atomic mass is 10.0. The Morgan fingerprint density at radius 1 is 1.39 bits per heavy atom. The molecule has 1 aliphatic carbocycles. The van der Waals surface area contributed by atoms with E-state index in [2.05, 4.69) is 29.1 Å². The summed E-state index contributed by atoms with van der Waals surface area (Å²) in [5, 5.41) is 2.81. The highest BCUT2D eigenvalue weighted by Crippen LogP contribution is 2.70. The van der Waals surface area contributed by atoms with Crippen LogP contribution in [0.4, 0.5) is 10.3 Å². The monoisotopic (exact) mass is 335 g/mol. The van der Waals surface area contributed by atoms with Gasteiger partial charge in [0, 0.05) is 18.5 Å². The fraction of sp³-hybridized carbons (Fsp3) is 0.412. The summed E-state index contributed by atoms with van der Waals surface area (Å²) in [5.74, 6) is 0.302. The van der Waals surface area contributed by atoms with Crippen LogP contribution in [-0.2, 0) is 4.79 Å². The molecule has 1 saturated carbocycles. The number of nitrogens with zero attached hydrogens (tertiary/aromatic N) is 1. The van der Waals surface area contributed by atoms with Crippen LogP contribution >= 0.6 is 11.6 Å². The van der Waals surface area contributed by atoms with Crippen molar-refractivity contribution in [3.05, 3.63) is 46.0 Å². The van der Waals surface area contributed by atoms with Gasteiger partial charge in [0.15, 0.2) is 0 Å². The van der Waals surface area contributed by atoms with E-state index in [0.29, 0.717) is 5.95 Å². The van der Waals surface area contributed by atoms with Gasteiger partial charge < -0.3 is 4.98 Å². The molecule has 2 unspecified atom stereocenters. The molecule has 6 heteroatoms. The molecule has 2 N–H and O–H groups in total. The lowest BCUT2D eigenvalue weighted by Crippen LogP contribution is -2.07. The molecule has 122 valence electrons. The lowest BCUT2D eigenvalue weighted by Gasteiger charge is -2.03. The number of H-pyrrole nitrogens is 1. The topological polar surface area (TPSA) is 57.8 Å². The lowest BCUT2D eigenvalue weighted by molar-refractivity contribution is -0.114. The predicted octanol–water partition coefficient (Wildman–Crippen LogP) is 4.38. The van der Waals surface area contributed by atoms with Gasteiger partial charge in [-0.25, -0.2) is 9.37 Å². The number of hydrogen-bond donors (Lipinski definition) is 2. The van der Waals surface area contributed by atoms with Crippen LogP contribution in [0.15, 0.2) is 18.2 Å². The van der Waals surface area contributed by atoms with Crippen LogP contribution in [0.3, 0.4) is 0 Å². The van der Waals surface area contributed by atoms with Crippen molar-refractivity contribution in [1.82, 2.24) is 9.97 Å². The third-order valence-corrected chi connectivity index (χ3v) is 4.93. The molecule has 0 aliphatic heterocycles. The maximum atomic E-state index is 13.4. The molecule has 3 rings (SSSR count). The van der Waals surface area contributed by atoms with Crippen LogP contribution in [0.2, 0.25) is 5.02 Å². The van der Waals surface area contributed by atoms with E-state index in [1.165, 1.54) is 13.0 Å². The zero-order valence-electron chi connectivity index (χ0n) is 13.5. The van der Waals surface area contributed by atoms with E-state index in [0.717, 1.165) is 17.0 Å². The number of anilines is 1. The molecule has 1 fully saturated rings. The Balaban J connectivity index is 1.93. The molecule has 0 radical (unpaired) electrons. The third kappa shape index (κ3) is 2.74. The van der Waals surface area contributed by atoms with Crippen LogP contribution in [0.5, 0.6) is 0 Å². The Morgan fingerprint density at radius 3 is 2.70 bits per heavy atom. The van der Waals surface area contributed by atoms with Gasteiger partial charge in [-0.15, -0.1) is 0 Å². The van der Waals surface area contributed by atoms with Crippen molar-refractivity contribution >= 4 is 23.5 Å². The SMILES string of the molecule is CC(=O)Nc1nc(C2C(c3ccc(F)c(Cl)c3)C2(C)C)c(C)[nH]1. The molecule has 1 aromatic heterocycles. The summed E-state index contributed by atoms with van der Waals surface area (Å²) in [7, 11) is 0. The minimum Gasteiger partial charge on any atom is -0.328 e. The first-order chi connectivity index (χ1) is 10.7. The number of rotatable bonds is 3. The van der Waals surface area contributed by atoms with Crippen molar-refractivity contribution in [3.63, 3.8) is 0 Å². The second-order valence-electron chi connectivity index (χ2n) is 6.73. The second-order valence-corrected chi connectivity index (χ2v) is 7.13. The van der Waals surface area contributed by atoms with Gasteiger partial charge in [0.1, 0.15) is 5.82 Å². The Bertz CT molecular complexity index is 784. The number of imidazole rings is 1. The average Bonchev–Trinajstić information content (AvgIpc) is 2.81. The smallest absolute Gasteiger partial charge is 0.223 e. The van der Waals surface area contributed by atoms with Gasteiger partial charge in [-0.3, -0.25) is 10.1 Å². The van der Waals surface area contributed by atoms with Crippen LogP contribution in [0, 0.1) is 18.2 Å². The molecule has 4 nitrogen and oxygen atoms in total. The normalized spacial score (nSPS) is 22.0. The number of nitrogens with one attached hydrogen (secondary N) is 2. The van der Waals surface area contributed by atoms with Crippen LogP contribution < -0.4 is 5.32 Å². The van der Waals surface area contributed by atoms with Crippen molar-refractivity contribution in [2.45, 2.75) is 39.5 Å². The third-order valence-electron chi connectivity index (χ3n) is 4.64. The van der Waals surface area contributed by atoms with Crippen LogP contribution in [-0.4, -0.2) is 15.9 Å². The quantitative estimate of drug-likeness (QED) is 0.874. The van der Waals surface area contributed by atoms with E-state index in [-0.39, 0.29) is 28.2 Å². The van der Waals surface area contributed by atoms with Crippen LogP contribution in [0.1, 0.15) is 49.6 Å². The number of aromatic amines is 1. The highest BCUT2D eigenvalue weighted by Gasteiger charge is 2.60. The first-order valence-corrected chi connectivity index (χ1v) is 7.88. The highest BCUT2D eigenvalue weighted by atomic mass is 35.5. The minimum atomic E-state index is -0.408. The number of aromatic nitrogens is 2. The summed E-state index contributed by atoms with van der Waals surface area (Å²) in [5.41, 5.74) is 2.87. The second kappa shape index (κ2) is 5.34. The fourth-order valence-electron chi connectivity index (χ4n) is 3.48. The summed E-state index contributed by atoms with van der Waals surface area (Å²) in [6, 6.07) is 4.88. The first kappa shape index (κ1) is 16.0. The van der Waals surface area contributed by atoms with E-state index < -0.39 is 5.82 Å². The molecular formula is C17H19ClFN3O. The Labute approximate surface area is 139 Å². The number of amides is 1. The van der Waals surface area contributed by atoms with Gasteiger partial charge in [-0.2, -0.15) is 0 Å². The predicted molar refractivity (Wildman–Crippen MR) is 88.3 cm³/mol. The van der Waals surface area contributed by atoms with Crippen molar-refractivity contribution in [3.8, 4) is 0 Å². The zero-order chi connectivity index (χ0) is 16.9. The van der Waals surface area contributed by atoms with E-state index in [1.54, 1.807) is 12.1 Å². The summed E-state index contributed by atoms with van der Waals surface area (Å²) in [6.07, 6.45) is 0. The Kier molecular flexibility index (Phi) is 3.71. The van der Waals surface area contributed by atoms with Crippen molar-refractivity contribution in [1.29, 1.82) is 0 Å². The molecule has 2 aromatic rings. The molecule has 0 saturated heterocycles. The van der Waals surface area contributed by atoms with Crippen molar-refractivity contribution in [2.24, 2.45) is 5.41 Å². The zero-order valence-corrected chi connectivity index (χ0v) is 14.3. The first-order valence-electron chi connectivity index (χ1n) is 7.51. The Hall–Kier alpha value is -1.88. The molecule has 0 bridgehead atoms. The Morgan fingerprint density at radius 2 is 2.09 bits per heavy atom. The van der Waals surface area contributed by atoms with E-state index in [1.807, 2.05) is 6.92 Å². The number of benzene rings is 1. The number of carbonyl (C=O) groups excluding carboxylic acids is 1. The number of halogens is 2. The minimum absolute atomic E-state index is 0.00535. The van der Waals surface area contributed by atoms with Crippen molar-refractivity contribution in [2.75, 3.05) is 5.32 Å². The van der Waals surface area contributed by atoms with E-state index in [4.69, 9.17) is 11.6 Å². The maximum absolute atomic E-state index is 13.4. The van der Waals surface area contributed by atoms with E-state index >= 15 is 0 Å². The van der Waals surface area contributed by atoms with Gasteiger partial charge in [0.05, 0.1) is 10.7 Å². The average molecular weight is 336 g/mol. The van der Waals surface area contributed by atoms with Gasteiger partial charge in [-0.1, -0.05) is 31.5 Å². The molecule has 1 heterocycles. The summed E-state index contributed by atoms with van der Waals surface area (Å²) in [4.78, 5) is 18.8. The van der Waals surface area contributed by atoms with Crippen LogP contribution in [0.25, 0.3) is 0 Å². The van der Waals surface area contributed by atoms with Gasteiger partial charge in [-0.05, 0) is 36.0 Å². The number of hydrogen-bond acceptors (Lipinski definition) is 2. The summed E-state index contributed by atoms with van der Waals surface area (Å²) in [6.45, 7) is 7.70. The fourth-order valence-corrected chi connectivity index (χ4v) is 3.67. The molecule has 2 atom stereocenters. The largest absolute Gasteiger partial charge is 0.328 e. The molecule has 23 heavy (non-hydrogen) atoms. The molecule has 1 aromatic carbocycles. The highest BCUT2D eigenvalue weighted by molar-refractivity contribution is 6.30. The van der Waals surface area contributed by atoms with Gasteiger partial charge >= 0.3 is 0 Å². The number of carbonyl (C=O) groups is 1. The molecule has 0 spiro atoms. The summed E-state index contributed by atoms with van der Waals surface area (Å²) < 4.78 is 13.4. The molecular weight excluding hydrogens is 317 g/mol. The standard InChI is InChI=1S/C17H19ClFN3O/c1-8-15(22-16(20-8)21-9(2)23)14-13(17(14,3)4)10-5-6-12(19)11(18)7-10/h5-7,13-14H,1-4H3,(H2,20,21,22,23). The van der Waals surface area contributed by atoms with Gasteiger partial charge in [0.2, 0.25) is 11.9 Å². The van der Waals surface area contributed by atoms with Crippen molar-refractivity contribution < 1.29 is 9.18 Å². The van der Waals surface area contributed by atoms with Gasteiger partial charge in [0.25, 0.3) is 0 Å². The summed E-state index contributed by atoms with van der Waals surface area (Å²) >= 11 is 5.92. The maximum Gasteiger partial charge on any atom is 0.223 e. The molecule has 1 amide bonds. The molecule has 1 aliphatic rings. The van der Waals surface area contributed by atoms with E-state index in [9.17, 15) is 9.18 Å². The number of aryl methyl sites for hydroxylation is 1.